The summed E-state index contributed by atoms with van der Waals surface area (Å²) in [5, 5.41) is 9.40. The lowest BCUT2D eigenvalue weighted by molar-refractivity contribution is -0.123. The van der Waals surface area contributed by atoms with Crippen LogP contribution in [0.3, 0.4) is 0 Å². The largest absolute Gasteiger partial charge is 0.483 e. The number of pyridine rings is 1. The van der Waals surface area contributed by atoms with E-state index in [0.29, 0.717) is 32.8 Å². The van der Waals surface area contributed by atoms with Crippen molar-refractivity contribution in [1.29, 1.82) is 0 Å². The lowest BCUT2D eigenvalue weighted by Gasteiger charge is -2.11. The number of nitrogens with one attached hydrogen (secondary N) is 1. The molecule has 0 saturated carbocycles. The van der Waals surface area contributed by atoms with Crippen LogP contribution in [0.25, 0.3) is 22.2 Å². The Kier molecular flexibility index (Phi) is 6.16. The molecule has 0 bridgehead atoms. The molecular formula is C22H16Cl2N4O3. The maximum atomic E-state index is 12.2. The standard InChI is InChI=1S/C22H16Cl2N4O3/c1-13-8-20(16(10-17(13)23)19-6-7-26-31-19)30-12-21(29)28-25-11-15-9-14-4-2-3-5-18(14)27-22(15)24/h2-11H,12H2,1H3,(H,28,29)/b25-11+. The average Bonchev–Trinajstić information content (AvgIpc) is 3.29. The first-order valence-electron chi connectivity index (χ1n) is 9.22. The third-order valence-electron chi connectivity index (χ3n) is 4.42. The minimum absolute atomic E-state index is 0.261. The molecule has 2 aromatic heterocycles. The number of para-hydroxylation sites is 1. The first-order valence-corrected chi connectivity index (χ1v) is 9.98. The van der Waals surface area contributed by atoms with Gasteiger partial charge in [-0.1, -0.05) is 46.6 Å². The van der Waals surface area contributed by atoms with E-state index in [9.17, 15) is 4.79 Å². The molecule has 4 rings (SSSR count). The molecule has 2 aromatic carbocycles. The Bertz CT molecular complexity index is 1270. The molecule has 0 aliphatic rings. The molecule has 0 aliphatic carbocycles. The van der Waals surface area contributed by atoms with E-state index in [1.165, 1.54) is 12.4 Å². The number of carbonyl (C=O) groups excluding carboxylic acids is 1. The summed E-state index contributed by atoms with van der Waals surface area (Å²) in [5.74, 6) is 0.477. The topological polar surface area (TPSA) is 89.6 Å². The molecule has 4 aromatic rings. The van der Waals surface area contributed by atoms with Gasteiger partial charge in [-0.3, -0.25) is 4.79 Å². The predicted molar refractivity (Wildman–Crippen MR) is 120 cm³/mol. The maximum Gasteiger partial charge on any atom is 0.277 e. The Balaban J connectivity index is 1.42. The molecule has 31 heavy (non-hydrogen) atoms. The molecular weight excluding hydrogens is 439 g/mol. The number of ether oxygens (including phenoxy) is 1. The number of hydrazone groups is 1. The highest BCUT2D eigenvalue weighted by molar-refractivity contribution is 6.32. The van der Waals surface area contributed by atoms with Gasteiger partial charge in [0.1, 0.15) is 10.9 Å². The number of hydrogen-bond donors (Lipinski definition) is 1. The number of nitrogens with zero attached hydrogens (tertiary/aromatic N) is 3. The number of halogens is 2. The maximum absolute atomic E-state index is 12.2. The molecule has 1 N–H and O–H groups in total. The summed E-state index contributed by atoms with van der Waals surface area (Å²) < 4.78 is 10.9. The summed E-state index contributed by atoms with van der Waals surface area (Å²) in [5.41, 5.74) is 5.18. The van der Waals surface area contributed by atoms with Gasteiger partial charge >= 0.3 is 0 Å². The zero-order valence-corrected chi connectivity index (χ0v) is 17.8. The smallest absolute Gasteiger partial charge is 0.277 e. The molecule has 0 fully saturated rings. The van der Waals surface area contributed by atoms with Gasteiger partial charge in [0, 0.05) is 22.0 Å². The minimum Gasteiger partial charge on any atom is -0.483 e. The van der Waals surface area contributed by atoms with E-state index in [1.807, 2.05) is 37.3 Å². The average molecular weight is 455 g/mol. The Morgan fingerprint density at radius 3 is 2.87 bits per heavy atom. The van der Waals surface area contributed by atoms with Crippen LogP contribution in [0.4, 0.5) is 0 Å². The van der Waals surface area contributed by atoms with E-state index < -0.39 is 5.91 Å². The van der Waals surface area contributed by atoms with Crippen molar-refractivity contribution in [3.05, 3.63) is 76.0 Å². The van der Waals surface area contributed by atoms with Crippen molar-refractivity contribution in [3.8, 4) is 17.1 Å². The fourth-order valence-electron chi connectivity index (χ4n) is 2.87. The number of aryl methyl sites for hydroxylation is 1. The second-order valence-electron chi connectivity index (χ2n) is 6.62. The van der Waals surface area contributed by atoms with Crippen LogP contribution in [0, 0.1) is 6.92 Å². The normalized spacial score (nSPS) is 11.2. The SMILES string of the molecule is Cc1cc(OCC(=O)N/N=C/c2cc3ccccc3nc2Cl)c(-c2ccno2)cc1Cl. The number of fused-ring (bicyclic) bond motifs is 1. The lowest BCUT2D eigenvalue weighted by atomic mass is 10.1. The summed E-state index contributed by atoms with van der Waals surface area (Å²) in [6.07, 6.45) is 2.95. The van der Waals surface area contributed by atoms with Gasteiger partial charge in [0.25, 0.3) is 5.91 Å². The number of aromatic nitrogens is 2. The molecule has 2 heterocycles. The van der Waals surface area contributed by atoms with Gasteiger partial charge in [-0.05, 0) is 36.8 Å². The highest BCUT2D eigenvalue weighted by Crippen LogP contribution is 2.34. The Morgan fingerprint density at radius 2 is 2.06 bits per heavy atom. The minimum atomic E-state index is -0.447. The Morgan fingerprint density at radius 1 is 1.23 bits per heavy atom. The number of carbonyl (C=O) groups is 1. The van der Waals surface area contributed by atoms with Gasteiger partial charge in [-0.25, -0.2) is 10.4 Å². The van der Waals surface area contributed by atoms with E-state index >= 15 is 0 Å². The molecule has 7 nitrogen and oxygen atoms in total. The molecule has 1 amide bonds. The fourth-order valence-corrected chi connectivity index (χ4v) is 3.23. The molecule has 0 saturated heterocycles. The van der Waals surface area contributed by atoms with Crippen molar-refractivity contribution < 1.29 is 14.1 Å². The molecule has 9 heteroatoms. The third-order valence-corrected chi connectivity index (χ3v) is 5.13. The van der Waals surface area contributed by atoms with Crippen molar-refractivity contribution in [1.82, 2.24) is 15.6 Å². The molecule has 0 aliphatic heterocycles. The van der Waals surface area contributed by atoms with Crippen LogP contribution in [0.2, 0.25) is 10.2 Å². The summed E-state index contributed by atoms with van der Waals surface area (Å²) in [6, 6.07) is 14.5. The highest BCUT2D eigenvalue weighted by Gasteiger charge is 2.14. The summed E-state index contributed by atoms with van der Waals surface area (Å²) in [6.45, 7) is 1.58. The number of hydrogen-bond acceptors (Lipinski definition) is 6. The Labute approximate surface area is 187 Å². The monoisotopic (exact) mass is 454 g/mol. The van der Waals surface area contributed by atoms with Gasteiger partial charge in [0.2, 0.25) is 0 Å². The van der Waals surface area contributed by atoms with E-state index in [2.05, 4.69) is 20.7 Å². The fraction of sp³-hybridized carbons (Fsp3) is 0.0909. The van der Waals surface area contributed by atoms with Crippen molar-refractivity contribution in [2.45, 2.75) is 6.92 Å². The van der Waals surface area contributed by atoms with Gasteiger partial charge in [0.15, 0.2) is 12.4 Å². The van der Waals surface area contributed by atoms with Crippen molar-refractivity contribution in [2.24, 2.45) is 5.10 Å². The van der Waals surface area contributed by atoms with Crippen molar-refractivity contribution in [2.75, 3.05) is 6.61 Å². The third kappa shape index (κ3) is 4.84. The van der Waals surface area contributed by atoms with Crippen LogP contribution >= 0.6 is 23.2 Å². The molecule has 0 spiro atoms. The highest BCUT2D eigenvalue weighted by atomic mass is 35.5. The summed E-state index contributed by atoms with van der Waals surface area (Å²) >= 11 is 12.4. The number of benzene rings is 2. The van der Waals surface area contributed by atoms with Gasteiger partial charge in [0.05, 0.1) is 23.5 Å². The van der Waals surface area contributed by atoms with E-state index in [1.54, 1.807) is 18.2 Å². The second-order valence-corrected chi connectivity index (χ2v) is 7.38. The zero-order chi connectivity index (χ0) is 21.8. The van der Waals surface area contributed by atoms with Gasteiger partial charge in [-0.15, -0.1) is 0 Å². The van der Waals surface area contributed by atoms with E-state index in [4.69, 9.17) is 32.5 Å². The summed E-state index contributed by atoms with van der Waals surface area (Å²) in [7, 11) is 0. The summed E-state index contributed by atoms with van der Waals surface area (Å²) in [4.78, 5) is 16.5. The molecule has 0 atom stereocenters. The van der Waals surface area contributed by atoms with Gasteiger partial charge < -0.3 is 9.26 Å². The van der Waals surface area contributed by atoms with E-state index in [-0.39, 0.29) is 6.61 Å². The quantitative estimate of drug-likeness (QED) is 0.250. The number of rotatable bonds is 6. The second kappa shape index (κ2) is 9.16. The van der Waals surface area contributed by atoms with Crippen LogP contribution in [0.15, 0.2) is 64.4 Å². The zero-order valence-electron chi connectivity index (χ0n) is 16.3. The molecule has 0 unspecified atom stereocenters. The van der Waals surface area contributed by atoms with Crippen LogP contribution in [-0.4, -0.2) is 28.9 Å². The van der Waals surface area contributed by atoms with Crippen molar-refractivity contribution in [3.63, 3.8) is 0 Å². The first-order chi connectivity index (χ1) is 15.0. The predicted octanol–water partition coefficient (Wildman–Crippen LogP) is 5.03. The lowest BCUT2D eigenvalue weighted by Crippen LogP contribution is -2.24. The molecule has 0 radical (unpaired) electrons. The van der Waals surface area contributed by atoms with Gasteiger partial charge in [-0.2, -0.15) is 5.10 Å². The first kappa shape index (κ1) is 20.8. The molecule has 156 valence electrons. The number of amides is 1. The van der Waals surface area contributed by atoms with Crippen LogP contribution in [0.1, 0.15) is 11.1 Å². The van der Waals surface area contributed by atoms with E-state index in [0.717, 1.165) is 16.5 Å². The van der Waals surface area contributed by atoms with Crippen LogP contribution in [-0.2, 0) is 4.79 Å². The van der Waals surface area contributed by atoms with Crippen LogP contribution < -0.4 is 10.2 Å². The van der Waals surface area contributed by atoms with Crippen LogP contribution in [0.5, 0.6) is 5.75 Å². The van der Waals surface area contributed by atoms with Crippen molar-refractivity contribution >= 4 is 46.2 Å². The Hall–Kier alpha value is -3.42.